The molecule has 0 unspecified atom stereocenters. The Morgan fingerprint density at radius 2 is 1.78 bits per heavy atom. The molecule has 0 atom stereocenters. The molecule has 9 nitrogen and oxygen atoms in total. The molecule has 0 aliphatic rings. The fourth-order valence-electron chi connectivity index (χ4n) is 1.67. The predicted molar refractivity (Wildman–Crippen MR) is 86.8 cm³/mol. The standard InChI is InChI=1S/C13H9BrN4O5/c14-9-1-3-10(4-2-9)16-15-7-8-5-11(17(20)21)6-12(13(8)19)18(22)23/h1-7,16,19H/b15-7-. The lowest BCUT2D eigenvalue weighted by Gasteiger charge is -2.02. The van der Waals surface area contributed by atoms with Crippen molar-refractivity contribution in [3.05, 3.63) is 66.7 Å². The summed E-state index contributed by atoms with van der Waals surface area (Å²) in [4.78, 5) is 20.0. The maximum atomic E-state index is 10.8. The lowest BCUT2D eigenvalue weighted by atomic mass is 10.1. The van der Waals surface area contributed by atoms with Gasteiger partial charge in [0.15, 0.2) is 0 Å². The highest BCUT2D eigenvalue weighted by Crippen LogP contribution is 2.33. The number of phenolic OH excluding ortho intramolecular Hbond substituents is 1. The van der Waals surface area contributed by atoms with Gasteiger partial charge in [0.1, 0.15) is 0 Å². The van der Waals surface area contributed by atoms with Gasteiger partial charge in [-0.1, -0.05) is 15.9 Å². The number of hydrazone groups is 1. The number of nitrogens with zero attached hydrogens (tertiary/aromatic N) is 3. The molecular weight excluding hydrogens is 372 g/mol. The zero-order valence-electron chi connectivity index (χ0n) is 11.3. The second kappa shape index (κ2) is 6.83. The van der Waals surface area contributed by atoms with E-state index < -0.39 is 27.0 Å². The van der Waals surface area contributed by atoms with E-state index in [0.717, 1.165) is 16.8 Å². The van der Waals surface area contributed by atoms with Crippen LogP contribution in [0.25, 0.3) is 0 Å². The highest BCUT2D eigenvalue weighted by atomic mass is 79.9. The number of aromatic hydroxyl groups is 1. The van der Waals surface area contributed by atoms with Gasteiger partial charge in [-0.15, -0.1) is 0 Å². The van der Waals surface area contributed by atoms with Crippen LogP contribution in [-0.4, -0.2) is 21.2 Å². The number of non-ortho nitro benzene ring substituents is 1. The Hall–Kier alpha value is -3.01. The van der Waals surface area contributed by atoms with Crippen LogP contribution in [0.1, 0.15) is 5.56 Å². The van der Waals surface area contributed by atoms with Crippen LogP contribution in [0.3, 0.4) is 0 Å². The van der Waals surface area contributed by atoms with Crippen molar-refractivity contribution in [2.24, 2.45) is 5.10 Å². The van der Waals surface area contributed by atoms with E-state index in [9.17, 15) is 25.3 Å². The summed E-state index contributed by atoms with van der Waals surface area (Å²) in [5.74, 6) is -0.693. The fraction of sp³-hybridized carbons (Fsp3) is 0. The Morgan fingerprint density at radius 3 is 2.35 bits per heavy atom. The number of nitro groups is 2. The van der Waals surface area contributed by atoms with Crippen LogP contribution in [0.5, 0.6) is 5.75 Å². The number of hydrogen-bond acceptors (Lipinski definition) is 7. The van der Waals surface area contributed by atoms with Gasteiger partial charge in [0.25, 0.3) is 5.69 Å². The molecule has 0 heterocycles. The third kappa shape index (κ3) is 4.01. The topological polar surface area (TPSA) is 131 Å². The van der Waals surface area contributed by atoms with Crippen molar-refractivity contribution in [3.63, 3.8) is 0 Å². The smallest absolute Gasteiger partial charge is 0.318 e. The number of phenols is 1. The molecule has 0 bridgehead atoms. The van der Waals surface area contributed by atoms with Gasteiger partial charge >= 0.3 is 5.69 Å². The van der Waals surface area contributed by atoms with Crippen molar-refractivity contribution in [2.45, 2.75) is 0 Å². The molecule has 0 aromatic heterocycles. The highest BCUT2D eigenvalue weighted by molar-refractivity contribution is 9.10. The van der Waals surface area contributed by atoms with Crippen molar-refractivity contribution < 1.29 is 15.0 Å². The molecule has 0 aliphatic heterocycles. The molecule has 0 aliphatic carbocycles. The Morgan fingerprint density at radius 1 is 1.13 bits per heavy atom. The minimum atomic E-state index is -0.901. The monoisotopic (exact) mass is 380 g/mol. The molecule has 2 aromatic rings. The summed E-state index contributed by atoms with van der Waals surface area (Å²) < 4.78 is 0.874. The van der Waals surface area contributed by atoms with Crippen LogP contribution in [-0.2, 0) is 0 Å². The van der Waals surface area contributed by atoms with E-state index in [-0.39, 0.29) is 5.56 Å². The Bertz CT molecular complexity index is 792. The number of benzene rings is 2. The lowest BCUT2D eigenvalue weighted by Crippen LogP contribution is -1.97. The molecule has 2 aromatic carbocycles. The molecule has 0 saturated heterocycles. The highest BCUT2D eigenvalue weighted by Gasteiger charge is 2.22. The van der Waals surface area contributed by atoms with Gasteiger partial charge in [-0.2, -0.15) is 5.10 Å². The van der Waals surface area contributed by atoms with Gasteiger partial charge in [-0.05, 0) is 24.3 Å². The van der Waals surface area contributed by atoms with E-state index in [1.807, 2.05) is 0 Å². The lowest BCUT2D eigenvalue weighted by molar-refractivity contribution is -0.394. The van der Waals surface area contributed by atoms with Gasteiger partial charge in [0.2, 0.25) is 5.75 Å². The molecule has 0 fully saturated rings. The normalized spacial score (nSPS) is 10.7. The van der Waals surface area contributed by atoms with Crippen LogP contribution in [0, 0.1) is 20.2 Å². The van der Waals surface area contributed by atoms with Crippen LogP contribution in [0.15, 0.2) is 46.0 Å². The van der Waals surface area contributed by atoms with E-state index in [0.29, 0.717) is 11.8 Å². The van der Waals surface area contributed by atoms with Crippen molar-refractivity contribution >= 4 is 39.2 Å². The Labute approximate surface area is 137 Å². The first-order valence-corrected chi connectivity index (χ1v) is 6.88. The predicted octanol–water partition coefficient (Wildman–Crippen LogP) is 3.42. The molecule has 2 rings (SSSR count). The van der Waals surface area contributed by atoms with Gasteiger partial charge in [-0.25, -0.2) is 0 Å². The third-order valence-electron chi connectivity index (χ3n) is 2.75. The first kappa shape index (κ1) is 16.4. The van der Waals surface area contributed by atoms with Gasteiger partial charge in [-0.3, -0.25) is 25.7 Å². The Kier molecular flexibility index (Phi) is 4.86. The quantitative estimate of drug-likeness (QED) is 0.464. The largest absolute Gasteiger partial charge is 0.502 e. The summed E-state index contributed by atoms with van der Waals surface area (Å²) >= 11 is 3.28. The fourth-order valence-corrected chi connectivity index (χ4v) is 1.93. The molecule has 0 saturated carbocycles. The number of rotatable bonds is 5. The summed E-state index contributed by atoms with van der Waals surface area (Å²) in [5, 5.41) is 35.3. The molecule has 0 amide bonds. The van der Waals surface area contributed by atoms with Gasteiger partial charge in [0.05, 0.1) is 33.4 Å². The minimum absolute atomic E-state index is 0.143. The van der Waals surface area contributed by atoms with E-state index in [1.54, 1.807) is 24.3 Å². The molecular formula is C13H9BrN4O5. The van der Waals surface area contributed by atoms with Crippen molar-refractivity contribution in [1.29, 1.82) is 0 Å². The summed E-state index contributed by atoms with van der Waals surface area (Å²) in [6.45, 7) is 0. The zero-order valence-corrected chi connectivity index (χ0v) is 12.9. The van der Waals surface area contributed by atoms with Gasteiger partial charge < -0.3 is 5.11 Å². The van der Waals surface area contributed by atoms with Crippen molar-refractivity contribution in [3.8, 4) is 5.75 Å². The minimum Gasteiger partial charge on any atom is -0.502 e. The van der Waals surface area contributed by atoms with Crippen molar-refractivity contribution in [2.75, 3.05) is 5.43 Å². The number of nitro benzene ring substituents is 2. The average molecular weight is 381 g/mol. The molecule has 0 spiro atoms. The molecule has 10 heteroatoms. The SMILES string of the molecule is O=[N+]([O-])c1cc(/C=N\Nc2ccc(Br)cc2)c(O)c([N+](=O)[O-])c1. The van der Waals surface area contributed by atoms with Crippen LogP contribution in [0.4, 0.5) is 17.1 Å². The summed E-state index contributed by atoms with van der Waals surface area (Å²) in [6.07, 6.45) is 1.07. The first-order valence-electron chi connectivity index (χ1n) is 6.09. The molecule has 23 heavy (non-hydrogen) atoms. The van der Waals surface area contributed by atoms with E-state index in [2.05, 4.69) is 26.5 Å². The summed E-state index contributed by atoms with van der Waals surface area (Å²) in [6, 6.07) is 8.67. The molecule has 2 N–H and O–H groups in total. The summed E-state index contributed by atoms with van der Waals surface area (Å²) in [5.41, 5.74) is 1.85. The number of anilines is 1. The zero-order chi connectivity index (χ0) is 17.0. The molecule has 0 radical (unpaired) electrons. The van der Waals surface area contributed by atoms with Crippen LogP contribution < -0.4 is 5.43 Å². The van der Waals surface area contributed by atoms with Crippen LogP contribution in [0.2, 0.25) is 0 Å². The van der Waals surface area contributed by atoms with Gasteiger partial charge in [0, 0.05) is 10.5 Å². The maximum absolute atomic E-state index is 10.8. The van der Waals surface area contributed by atoms with E-state index in [1.165, 1.54) is 0 Å². The second-order valence-corrected chi connectivity index (χ2v) is 5.21. The maximum Gasteiger partial charge on any atom is 0.318 e. The third-order valence-corrected chi connectivity index (χ3v) is 3.28. The molecule has 118 valence electrons. The first-order chi connectivity index (χ1) is 10.9. The number of hydrogen-bond donors (Lipinski definition) is 2. The Balaban J connectivity index is 2.30. The van der Waals surface area contributed by atoms with E-state index >= 15 is 0 Å². The summed E-state index contributed by atoms with van der Waals surface area (Å²) in [7, 11) is 0. The van der Waals surface area contributed by atoms with Crippen LogP contribution >= 0.6 is 15.9 Å². The average Bonchev–Trinajstić information content (AvgIpc) is 2.50. The number of nitrogens with one attached hydrogen (secondary N) is 1. The van der Waals surface area contributed by atoms with E-state index in [4.69, 9.17) is 0 Å². The second-order valence-electron chi connectivity index (χ2n) is 4.29. The number of halogens is 1. The van der Waals surface area contributed by atoms with Crippen molar-refractivity contribution in [1.82, 2.24) is 0 Å².